The maximum Gasteiger partial charge on any atom is 0.304 e. The van der Waals surface area contributed by atoms with Crippen LogP contribution in [0.5, 0.6) is 0 Å². The van der Waals surface area contributed by atoms with Gasteiger partial charge in [0.25, 0.3) is 0 Å². The SMILES string of the molecule is CC(C)CC(CC(C)C)N1CCN(CCC(=O)O)CC1. The highest BCUT2D eigenvalue weighted by Crippen LogP contribution is 2.20. The number of carboxylic acid groups (broad SMARTS) is 1. The van der Waals surface area contributed by atoms with Crippen molar-refractivity contribution < 1.29 is 9.90 Å². The third-order valence-electron chi connectivity index (χ3n) is 4.05. The Morgan fingerprint density at radius 3 is 1.90 bits per heavy atom. The van der Waals surface area contributed by atoms with Crippen molar-refractivity contribution in [1.82, 2.24) is 9.80 Å². The Morgan fingerprint density at radius 2 is 1.50 bits per heavy atom. The summed E-state index contributed by atoms with van der Waals surface area (Å²) in [6.45, 7) is 14.1. The topological polar surface area (TPSA) is 43.8 Å². The lowest BCUT2D eigenvalue weighted by Gasteiger charge is -2.40. The molecule has 0 aromatic carbocycles. The van der Waals surface area contributed by atoms with E-state index in [2.05, 4.69) is 37.5 Å². The zero-order valence-electron chi connectivity index (χ0n) is 13.6. The Bertz CT molecular complexity index is 274. The number of rotatable bonds is 8. The summed E-state index contributed by atoms with van der Waals surface area (Å²) < 4.78 is 0. The molecule has 0 aromatic heterocycles. The zero-order valence-corrected chi connectivity index (χ0v) is 13.6. The van der Waals surface area contributed by atoms with E-state index in [4.69, 9.17) is 5.11 Å². The molecular weight excluding hydrogens is 252 g/mol. The maximum atomic E-state index is 10.6. The molecule has 1 saturated heterocycles. The zero-order chi connectivity index (χ0) is 15.1. The average Bonchev–Trinajstić information content (AvgIpc) is 2.35. The Morgan fingerprint density at radius 1 is 1.00 bits per heavy atom. The molecule has 20 heavy (non-hydrogen) atoms. The van der Waals surface area contributed by atoms with Gasteiger partial charge in [-0.25, -0.2) is 0 Å². The quantitative estimate of drug-likeness (QED) is 0.744. The lowest BCUT2D eigenvalue weighted by Crippen LogP contribution is -2.51. The number of piperazine rings is 1. The van der Waals surface area contributed by atoms with Gasteiger partial charge in [0.05, 0.1) is 6.42 Å². The van der Waals surface area contributed by atoms with Gasteiger partial charge in [-0.15, -0.1) is 0 Å². The van der Waals surface area contributed by atoms with Crippen LogP contribution in [0, 0.1) is 11.8 Å². The van der Waals surface area contributed by atoms with Crippen molar-refractivity contribution in [3.8, 4) is 0 Å². The first-order valence-electron chi connectivity index (χ1n) is 8.06. The highest BCUT2D eigenvalue weighted by atomic mass is 16.4. The molecule has 0 aliphatic carbocycles. The molecule has 0 bridgehead atoms. The molecule has 1 aliphatic rings. The number of carbonyl (C=O) groups is 1. The summed E-state index contributed by atoms with van der Waals surface area (Å²) in [4.78, 5) is 15.5. The molecule has 118 valence electrons. The second kappa shape index (κ2) is 8.63. The molecule has 1 rings (SSSR count). The van der Waals surface area contributed by atoms with Gasteiger partial charge in [-0.3, -0.25) is 9.69 Å². The fourth-order valence-electron chi connectivity index (χ4n) is 3.09. The molecule has 0 amide bonds. The lowest BCUT2D eigenvalue weighted by atomic mass is 9.94. The van der Waals surface area contributed by atoms with Crippen LogP contribution in [0.2, 0.25) is 0 Å². The standard InChI is InChI=1S/C16H32N2O2/c1-13(2)11-15(12-14(3)4)18-9-7-17(8-10-18)6-5-16(19)20/h13-15H,5-12H2,1-4H3,(H,19,20). The van der Waals surface area contributed by atoms with Gasteiger partial charge in [0.2, 0.25) is 0 Å². The molecule has 0 atom stereocenters. The smallest absolute Gasteiger partial charge is 0.304 e. The van der Waals surface area contributed by atoms with Crippen molar-refractivity contribution in [2.45, 2.75) is 53.0 Å². The minimum atomic E-state index is -0.690. The van der Waals surface area contributed by atoms with Crippen LogP contribution in [0.15, 0.2) is 0 Å². The van der Waals surface area contributed by atoms with Gasteiger partial charge in [0, 0.05) is 38.8 Å². The molecule has 1 N–H and O–H groups in total. The number of hydrogen-bond donors (Lipinski definition) is 1. The summed E-state index contributed by atoms with van der Waals surface area (Å²) in [5.74, 6) is 0.789. The first-order valence-corrected chi connectivity index (χ1v) is 8.06. The fourth-order valence-corrected chi connectivity index (χ4v) is 3.09. The Labute approximate surface area is 124 Å². The average molecular weight is 284 g/mol. The normalized spacial score (nSPS) is 18.4. The van der Waals surface area contributed by atoms with Crippen LogP contribution in [-0.4, -0.2) is 59.6 Å². The van der Waals surface area contributed by atoms with Crippen LogP contribution in [0.1, 0.15) is 47.0 Å². The minimum Gasteiger partial charge on any atom is -0.481 e. The van der Waals surface area contributed by atoms with E-state index in [0.29, 0.717) is 12.6 Å². The van der Waals surface area contributed by atoms with Crippen molar-refractivity contribution in [1.29, 1.82) is 0 Å². The van der Waals surface area contributed by atoms with Crippen molar-refractivity contribution in [3.05, 3.63) is 0 Å². The third-order valence-corrected chi connectivity index (χ3v) is 4.05. The molecule has 0 aromatic rings. The van der Waals surface area contributed by atoms with Gasteiger partial charge in [-0.1, -0.05) is 27.7 Å². The second-order valence-corrected chi connectivity index (χ2v) is 6.93. The predicted octanol–water partition coefficient (Wildman–Crippen LogP) is 2.54. The van der Waals surface area contributed by atoms with Gasteiger partial charge in [-0.05, 0) is 24.7 Å². The summed E-state index contributed by atoms with van der Waals surface area (Å²) in [5.41, 5.74) is 0. The van der Waals surface area contributed by atoms with Crippen molar-refractivity contribution in [2.24, 2.45) is 11.8 Å². The summed E-state index contributed by atoms with van der Waals surface area (Å²) in [5, 5.41) is 8.75. The number of nitrogens with zero attached hydrogens (tertiary/aromatic N) is 2. The number of carboxylic acids is 1. The van der Waals surface area contributed by atoms with Gasteiger partial charge < -0.3 is 10.0 Å². The highest BCUT2D eigenvalue weighted by molar-refractivity contribution is 5.66. The molecule has 1 fully saturated rings. The first-order chi connectivity index (χ1) is 9.38. The van der Waals surface area contributed by atoms with Gasteiger partial charge in [0.1, 0.15) is 0 Å². The summed E-state index contributed by atoms with van der Waals surface area (Å²) >= 11 is 0. The van der Waals surface area contributed by atoms with E-state index < -0.39 is 5.97 Å². The molecular formula is C16H32N2O2. The van der Waals surface area contributed by atoms with Crippen LogP contribution < -0.4 is 0 Å². The van der Waals surface area contributed by atoms with E-state index in [9.17, 15) is 4.79 Å². The van der Waals surface area contributed by atoms with Crippen molar-refractivity contribution >= 4 is 5.97 Å². The molecule has 1 aliphatic heterocycles. The Balaban J connectivity index is 2.41. The molecule has 4 nitrogen and oxygen atoms in total. The predicted molar refractivity (Wildman–Crippen MR) is 83.0 cm³/mol. The third kappa shape index (κ3) is 6.71. The van der Waals surface area contributed by atoms with E-state index in [1.165, 1.54) is 12.8 Å². The summed E-state index contributed by atoms with van der Waals surface area (Å²) in [6, 6.07) is 0.691. The van der Waals surface area contributed by atoms with Crippen LogP contribution in [0.4, 0.5) is 0 Å². The fraction of sp³-hybridized carbons (Fsp3) is 0.938. The second-order valence-electron chi connectivity index (χ2n) is 6.93. The van der Waals surface area contributed by atoms with Crippen molar-refractivity contribution in [2.75, 3.05) is 32.7 Å². The van der Waals surface area contributed by atoms with Gasteiger partial charge >= 0.3 is 5.97 Å². The van der Waals surface area contributed by atoms with Gasteiger partial charge in [0.15, 0.2) is 0 Å². The van der Waals surface area contributed by atoms with E-state index in [1.54, 1.807) is 0 Å². The largest absolute Gasteiger partial charge is 0.481 e. The van der Waals surface area contributed by atoms with E-state index in [-0.39, 0.29) is 6.42 Å². The van der Waals surface area contributed by atoms with Crippen LogP contribution >= 0.6 is 0 Å². The highest BCUT2D eigenvalue weighted by Gasteiger charge is 2.25. The van der Waals surface area contributed by atoms with Gasteiger partial charge in [-0.2, -0.15) is 0 Å². The molecule has 0 spiro atoms. The van der Waals surface area contributed by atoms with Crippen LogP contribution in [-0.2, 0) is 4.79 Å². The van der Waals surface area contributed by atoms with E-state index in [1.807, 2.05) is 0 Å². The minimum absolute atomic E-state index is 0.265. The number of hydrogen-bond acceptors (Lipinski definition) is 3. The van der Waals surface area contributed by atoms with Crippen molar-refractivity contribution in [3.63, 3.8) is 0 Å². The van der Waals surface area contributed by atoms with Crippen LogP contribution in [0.25, 0.3) is 0 Å². The molecule has 0 unspecified atom stereocenters. The molecule has 0 radical (unpaired) electrons. The summed E-state index contributed by atoms with van der Waals surface area (Å²) in [7, 11) is 0. The summed E-state index contributed by atoms with van der Waals surface area (Å²) in [6.07, 6.45) is 2.81. The Hall–Kier alpha value is -0.610. The van der Waals surface area contributed by atoms with E-state index in [0.717, 1.165) is 38.0 Å². The van der Waals surface area contributed by atoms with Crippen LogP contribution in [0.3, 0.4) is 0 Å². The first kappa shape index (κ1) is 17.4. The molecule has 4 heteroatoms. The molecule has 1 heterocycles. The molecule has 0 saturated carbocycles. The monoisotopic (exact) mass is 284 g/mol. The maximum absolute atomic E-state index is 10.6. The number of aliphatic carboxylic acids is 1. The Kier molecular flexibility index (Phi) is 7.52. The lowest BCUT2D eigenvalue weighted by molar-refractivity contribution is -0.137. The van der Waals surface area contributed by atoms with E-state index >= 15 is 0 Å².